The Morgan fingerprint density at radius 2 is 1.76 bits per heavy atom. The number of terminal acetylenes is 2. The van der Waals surface area contributed by atoms with Crippen LogP contribution >= 0.6 is 11.6 Å². The number of alkyl halides is 1. The average Bonchev–Trinajstić information content (AvgIpc) is 3.22. The lowest BCUT2D eigenvalue weighted by molar-refractivity contribution is 0.145. The molecular weight excluding hydrogens is 244 g/mol. The fourth-order valence-corrected chi connectivity index (χ4v) is 0.749. The third kappa shape index (κ3) is 15.2. The van der Waals surface area contributed by atoms with Gasteiger partial charge in [-0.2, -0.15) is 0 Å². The molecule has 0 aliphatic carbocycles. The molecule has 0 spiro atoms. The maximum Gasteiger partial charge on any atom is 0.107 e. The topological polar surface area (TPSA) is 54.5 Å². The van der Waals surface area contributed by atoms with Crippen LogP contribution in [0.4, 0.5) is 0 Å². The van der Waals surface area contributed by atoms with Crippen molar-refractivity contribution in [1.29, 1.82) is 0 Å². The summed E-state index contributed by atoms with van der Waals surface area (Å²) in [6.07, 6.45) is 10.2. The molecule has 0 bridgehead atoms. The first-order valence-electron chi connectivity index (χ1n) is 5.13. The van der Waals surface area contributed by atoms with Crippen molar-refractivity contribution in [3.8, 4) is 24.7 Å². The van der Waals surface area contributed by atoms with Crippen molar-refractivity contribution in [1.82, 2.24) is 0 Å². The lowest BCUT2D eigenvalue weighted by Crippen LogP contribution is -2.00. The van der Waals surface area contributed by atoms with E-state index in [2.05, 4.69) is 12.3 Å². The first-order valence-corrected chi connectivity index (χ1v) is 5.66. The molecule has 2 atom stereocenters. The molecular formula is C12H17ClO4. The van der Waals surface area contributed by atoms with Crippen LogP contribution in [0.25, 0.3) is 0 Å². The van der Waals surface area contributed by atoms with Gasteiger partial charge < -0.3 is 19.3 Å². The van der Waals surface area contributed by atoms with Crippen LogP contribution in [0.3, 0.4) is 0 Å². The standard InChI is InChI=1S/C6H8O2.C3H5ClO.C3H4O/c1-2-3-7-4-6-5-8-6;4-1-3-2-5-3;1-2-3-4/h1,6H,3-5H2;3H,1-2H2;1,4H,3H2. The van der Waals surface area contributed by atoms with Crippen molar-refractivity contribution in [2.75, 3.05) is 38.9 Å². The third-order valence-corrected chi connectivity index (χ3v) is 1.90. The second kappa shape index (κ2) is 11.7. The summed E-state index contributed by atoms with van der Waals surface area (Å²) in [5, 5.41) is 7.64. The Morgan fingerprint density at radius 1 is 1.24 bits per heavy atom. The Morgan fingerprint density at radius 3 is 2.00 bits per heavy atom. The summed E-state index contributed by atoms with van der Waals surface area (Å²) in [5.74, 6) is 5.03. The zero-order valence-corrected chi connectivity index (χ0v) is 10.4. The minimum Gasteiger partial charge on any atom is -0.384 e. The van der Waals surface area contributed by atoms with Gasteiger partial charge in [0.05, 0.1) is 31.8 Å². The Kier molecular flexibility index (Phi) is 11.2. The summed E-state index contributed by atoms with van der Waals surface area (Å²) >= 11 is 5.27. The van der Waals surface area contributed by atoms with Crippen LogP contribution in [0.1, 0.15) is 0 Å². The number of hydrogen-bond acceptors (Lipinski definition) is 4. The molecule has 96 valence electrons. The minimum absolute atomic E-state index is 0.153. The van der Waals surface area contributed by atoms with Crippen LogP contribution in [0.5, 0.6) is 0 Å². The van der Waals surface area contributed by atoms with E-state index < -0.39 is 0 Å². The Hall–Kier alpha value is -0.750. The molecule has 4 nitrogen and oxygen atoms in total. The van der Waals surface area contributed by atoms with Crippen molar-refractivity contribution in [3.05, 3.63) is 0 Å². The molecule has 0 aromatic heterocycles. The fourth-order valence-electron chi connectivity index (χ4n) is 0.571. The Bertz CT molecular complexity index is 248. The first-order chi connectivity index (χ1) is 8.28. The summed E-state index contributed by atoms with van der Waals surface area (Å²) in [4.78, 5) is 0. The van der Waals surface area contributed by atoms with Crippen molar-refractivity contribution in [2.45, 2.75) is 12.2 Å². The minimum atomic E-state index is -0.153. The molecule has 17 heavy (non-hydrogen) atoms. The van der Waals surface area contributed by atoms with Crippen LogP contribution in [0, 0.1) is 24.7 Å². The van der Waals surface area contributed by atoms with Gasteiger partial charge in [-0.05, 0) is 0 Å². The van der Waals surface area contributed by atoms with E-state index in [1.807, 2.05) is 5.92 Å². The Balaban J connectivity index is 0.000000246. The predicted molar refractivity (Wildman–Crippen MR) is 65.8 cm³/mol. The van der Waals surface area contributed by atoms with Crippen molar-refractivity contribution >= 4 is 11.6 Å². The lowest BCUT2D eigenvalue weighted by Gasteiger charge is -1.91. The average molecular weight is 261 g/mol. The fraction of sp³-hybridized carbons (Fsp3) is 0.667. The molecule has 2 rings (SSSR count). The van der Waals surface area contributed by atoms with Gasteiger partial charge in [-0.3, -0.25) is 0 Å². The van der Waals surface area contributed by atoms with Gasteiger partial charge in [-0.1, -0.05) is 11.8 Å². The normalized spacial score (nSPS) is 22.8. The molecule has 2 aliphatic rings. The summed E-state index contributed by atoms with van der Waals surface area (Å²) < 4.78 is 14.5. The van der Waals surface area contributed by atoms with Crippen LogP contribution in [0.2, 0.25) is 0 Å². The molecule has 2 saturated heterocycles. The van der Waals surface area contributed by atoms with Crippen molar-refractivity contribution in [3.63, 3.8) is 0 Å². The smallest absolute Gasteiger partial charge is 0.107 e. The van der Waals surface area contributed by atoms with E-state index in [4.69, 9.17) is 37.3 Å². The number of aliphatic hydroxyl groups excluding tert-OH is 1. The quantitative estimate of drug-likeness (QED) is 0.341. The lowest BCUT2D eigenvalue weighted by atomic mass is 10.5. The molecule has 0 aromatic carbocycles. The Labute approximate surface area is 107 Å². The first kappa shape index (κ1) is 16.2. The van der Waals surface area contributed by atoms with Crippen LogP contribution in [0.15, 0.2) is 0 Å². The van der Waals surface area contributed by atoms with Gasteiger partial charge in [0.1, 0.15) is 19.3 Å². The second-order valence-electron chi connectivity index (χ2n) is 3.15. The van der Waals surface area contributed by atoms with Crippen molar-refractivity contribution in [2.24, 2.45) is 0 Å². The zero-order valence-electron chi connectivity index (χ0n) is 9.60. The van der Waals surface area contributed by atoms with Crippen LogP contribution in [-0.2, 0) is 14.2 Å². The summed E-state index contributed by atoms with van der Waals surface area (Å²) in [6.45, 7) is 2.62. The highest BCUT2D eigenvalue weighted by atomic mass is 35.5. The van der Waals surface area contributed by atoms with Gasteiger partial charge >= 0.3 is 0 Å². The maximum atomic E-state index is 7.64. The molecule has 2 heterocycles. The summed E-state index contributed by atoms with van der Waals surface area (Å²) in [5.41, 5.74) is 0. The van der Waals surface area contributed by atoms with Gasteiger partial charge in [0.25, 0.3) is 0 Å². The molecule has 2 fully saturated rings. The van der Waals surface area contributed by atoms with Gasteiger partial charge in [0, 0.05) is 0 Å². The van der Waals surface area contributed by atoms with E-state index in [1.54, 1.807) is 0 Å². The molecule has 1 N–H and O–H groups in total. The van der Waals surface area contributed by atoms with E-state index in [0.717, 1.165) is 13.2 Å². The molecule has 0 amide bonds. The van der Waals surface area contributed by atoms with Gasteiger partial charge in [-0.15, -0.1) is 24.4 Å². The molecule has 0 saturated carbocycles. The maximum absolute atomic E-state index is 7.64. The number of rotatable bonds is 4. The van der Waals surface area contributed by atoms with Gasteiger partial charge in [-0.25, -0.2) is 0 Å². The number of ether oxygens (including phenoxy) is 3. The summed E-state index contributed by atoms with van der Waals surface area (Å²) in [6, 6.07) is 0. The van der Waals surface area contributed by atoms with E-state index in [0.29, 0.717) is 31.3 Å². The number of epoxide rings is 2. The highest BCUT2D eigenvalue weighted by Gasteiger charge is 2.21. The number of hydrogen-bond donors (Lipinski definition) is 1. The second-order valence-corrected chi connectivity index (χ2v) is 3.46. The SMILES string of the molecule is C#CCO.C#CCOCC1CO1.ClCC1CO1. The zero-order chi connectivity index (χ0) is 12.9. The van der Waals surface area contributed by atoms with Crippen LogP contribution < -0.4 is 0 Å². The van der Waals surface area contributed by atoms with E-state index in [9.17, 15) is 0 Å². The highest BCUT2D eigenvalue weighted by molar-refractivity contribution is 6.18. The predicted octanol–water partition coefficient (Wildman–Crippen LogP) is 0.271. The largest absolute Gasteiger partial charge is 0.384 e. The van der Waals surface area contributed by atoms with Crippen LogP contribution in [-0.4, -0.2) is 56.2 Å². The summed E-state index contributed by atoms with van der Waals surface area (Å²) in [7, 11) is 0. The van der Waals surface area contributed by atoms with E-state index in [-0.39, 0.29) is 6.61 Å². The van der Waals surface area contributed by atoms with Crippen molar-refractivity contribution < 1.29 is 19.3 Å². The highest BCUT2D eigenvalue weighted by Crippen LogP contribution is 2.08. The molecule has 0 aromatic rings. The number of halogens is 1. The monoisotopic (exact) mass is 260 g/mol. The van der Waals surface area contributed by atoms with Gasteiger partial charge in [0.15, 0.2) is 0 Å². The van der Waals surface area contributed by atoms with E-state index in [1.165, 1.54) is 0 Å². The molecule has 5 heteroatoms. The van der Waals surface area contributed by atoms with E-state index >= 15 is 0 Å². The molecule has 2 aliphatic heterocycles. The third-order valence-electron chi connectivity index (χ3n) is 1.56. The molecule has 2 unspecified atom stereocenters. The number of aliphatic hydroxyl groups is 1. The van der Waals surface area contributed by atoms with Gasteiger partial charge in [0.2, 0.25) is 0 Å². The molecule has 0 radical (unpaired) electrons.